The average Bonchev–Trinajstić information content (AvgIpc) is 2.56. The van der Waals surface area contributed by atoms with Crippen molar-refractivity contribution in [3.05, 3.63) is 71.8 Å². The summed E-state index contributed by atoms with van der Waals surface area (Å²) in [6.45, 7) is 0.552. The Balaban J connectivity index is 2.11. The molecule has 2 aromatic rings. The summed E-state index contributed by atoms with van der Waals surface area (Å²) >= 11 is 6.57. The van der Waals surface area contributed by atoms with Crippen molar-refractivity contribution in [2.75, 3.05) is 6.61 Å². The number of Topliss-reactive ketones (excluding diaryl/α,β-unsaturated/α-hetero) is 1. The Labute approximate surface area is 129 Å². The van der Waals surface area contributed by atoms with Gasteiger partial charge in [0.25, 0.3) is 0 Å². The highest BCUT2D eigenvalue weighted by molar-refractivity contribution is 6.24. The second-order valence-electron chi connectivity index (χ2n) is 5.26. The topological polar surface area (TPSA) is 26.3 Å². The van der Waals surface area contributed by atoms with Crippen LogP contribution in [0, 0.1) is 0 Å². The lowest BCUT2D eigenvalue weighted by atomic mass is 9.80. The molecule has 3 heteroatoms. The molecule has 0 spiro atoms. The minimum atomic E-state index is -1.08. The summed E-state index contributed by atoms with van der Waals surface area (Å²) in [4.78, 5) is 13.1. The number of carbonyl (C=O) groups is 1. The minimum Gasteiger partial charge on any atom is -0.360 e. The number of alkyl halides is 1. The fourth-order valence-corrected chi connectivity index (χ4v) is 3.32. The van der Waals surface area contributed by atoms with E-state index in [1.807, 2.05) is 60.7 Å². The molecule has 0 bridgehead atoms. The van der Waals surface area contributed by atoms with Gasteiger partial charge < -0.3 is 4.74 Å². The Bertz CT molecular complexity index is 612. The first kappa shape index (κ1) is 14.3. The Morgan fingerprint density at radius 2 is 1.67 bits per heavy atom. The van der Waals surface area contributed by atoms with E-state index in [4.69, 9.17) is 16.3 Å². The van der Waals surface area contributed by atoms with Crippen molar-refractivity contribution in [3.63, 3.8) is 0 Å². The lowest BCUT2D eigenvalue weighted by Gasteiger charge is -2.40. The first-order valence-electron chi connectivity index (χ1n) is 7.18. The Morgan fingerprint density at radius 3 is 2.29 bits per heavy atom. The molecule has 1 aliphatic heterocycles. The van der Waals surface area contributed by atoms with E-state index in [2.05, 4.69) is 0 Å². The predicted molar refractivity (Wildman–Crippen MR) is 83.7 cm³/mol. The first-order valence-corrected chi connectivity index (χ1v) is 7.62. The molecule has 1 fully saturated rings. The number of rotatable bonds is 3. The van der Waals surface area contributed by atoms with Crippen LogP contribution >= 0.6 is 11.6 Å². The molecule has 2 atom stereocenters. The third-order valence-corrected chi connectivity index (χ3v) is 4.47. The molecular formula is C18H17ClO2. The molecule has 0 amide bonds. The molecule has 1 saturated heterocycles. The van der Waals surface area contributed by atoms with Gasteiger partial charge in [-0.05, 0) is 18.4 Å². The van der Waals surface area contributed by atoms with Crippen LogP contribution in [0.1, 0.15) is 28.8 Å². The number of carbonyl (C=O) groups excluding carboxylic acids is 1. The molecule has 3 rings (SSSR count). The molecule has 0 N–H and O–H groups in total. The fraction of sp³-hybridized carbons (Fsp3) is 0.278. The zero-order valence-corrected chi connectivity index (χ0v) is 12.4. The standard InChI is InChI=1S/C18H17ClO2/c19-16-12-7-13-21-18(16,15-10-5-2-6-11-15)17(20)14-8-3-1-4-9-14/h1-6,8-11,16H,7,12-13H2/t16-,18+/m0/s1. The zero-order valence-electron chi connectivity index (χ0n) is 11.7. The molecule has 1 aliphatic rings. The molecular weight excluding hydrogens is 284 g/mol. The van der Waals surface area contributed by atoms with Gasteiger partial charge in [-0.2, -0.15) is 0 Å². The van der Waals surface area contributed by atoms with Crippen LogP contribution < -0.4 is 0 Å². The fourth-order valence-electron chi connectivity index (χ4n) is 2.88. The minimum absolute atomic E-state index is 0.0611. The van der Waals surface area contributed by atoms with E-state index in [0.29, 0.717) is 12.2 Å². The summed E-state index contributed by atoms with van der Waals surface area (Å²) in [5.41, 5.74) is 0.384. The number of benzene rings is 2. The van der Waals surface area contributed by atoms with Crippen molar-refractivity contribution in [1.29, 1.82) is 0 Å². The van der Waals surface area contributed by atoms with Crippen LogP contribution in [0.15, 0.2) is 60.7 Å². The largest absolute Gasteiger partial charge is 0.360 e. The molecule has 2 aromatic carbocycles. The van der Waals surface area contributed by atoms with Gasteiger partial charge in [0.2, 0.25) is 5.78 Å². The van der Waals surface area contributed by atoms with E-state index in [9.17, 15) is 4.79 Å². The van der Waals surface area contributed by atoms with E-state index in [0.717, 1.165) is 18.4 Å². The number of hydrogen-bond donors (Lipinski definition) is 0. The number of ketones is 1. The van der Waals surface area contributed by atoms with E-state index < -0.39 is 5.60 Å². The highest BCUT2D eigenvalue weighted by Gasteiger charge is 2.49. The lowest BCUT2D eigenvalue weighted by Crippen LogP contribution is -2.49. The Kier molecular flexibility index (Phi) is 4.09. The SMILES string of the molecule is O=C(c1ccccc1)[C@]1(c2ccccc2)OCCC[C@@H]1Cl. The summed E-state index contributed by atoms with van der Waals surface area (Å²) in [6, 6.07) is 18.8. The van der Waals surface area contributed by atoms with Crippen molar-refractivity contribution in [3.8, 4) is 0 Å². The third-order valence-electron chi connectivity index (χ3n) is 3.95. The third kappa shape index (κ3) is 2.50. The van der Waals surface area contributed by atoms with Gasteiger partial charge in [0.15, 0.2) is 5.60 Å². The quantitative estimate of drug-likeness (QED) is 0.628. The molecule has 1 heterocycles. The second-order valence-corrected chi connectivity index (χ2v) is 5.78. The monoisotopic (exact) mass is 300 g/mol. The van der Waals surface area contributed by atoms with E-state index >= 15 is 0 Å². The van der Waals surface area contributed by atoms with Crippen LogP contribution in [0.4, 0.5) is 0 Å². The molecule has 0 radical (unpaired) electrons. The van der Waals surface area contributed by atoms with Gasteiger partial charge in [-0.3, -0.25) is 4.79 Å². The van der Waals surface area contributed by atoms with Crippen molar-refractivity contribution >= 4 is 17.4 Å². The summed E-state index contributed by atoms with van der Waals surface area (Å²) < 4.78 is 6.00. The summed E-state index contributed by atoms with van der Waals surface area (Å²) in [5, 5.41) is -0.360. The van der Waals surface area contributed by atoms with Crippen molar-refractivity contribution in [2.24, 2.45) is 0 Å². The maximum Gasteiger partial charge on any atom is 0.200 e. The van der Waals surface area contributed by atoms with E-state index in [1.54, 1.807) is 0 Å². The van der Waals surface area contributed by atoms with E-state index in [-0.39, 0.29) is 11.2 Å². The summed E-state index contributed by atoms with van der Waals surface area (Å²) in [5.74, 6) is -0.0611. The van der Waals surface area contributed by atoms with Gasteiger partial charge in [-0.25, -0.2) is 0 Å². The second kappa shape index (κ2) is 6.00. The van der Waals surface area contributed by atoms with Crippen LogP contribution in [-0.4, -0.2) is 17.8 Å². The first-order chi connectivity index (χ1) is 10.2. The van der Waals surface area contributed by atoms with Crippen LogP contribution in [-0.2, 0) is 10.3 Å². The highest BCUT2D eigenvalue weighted by Crippen LogP contribution is 2.41. The molecule has 0 aromatic heterocycles. The van der Waals surface area contributed by atoms with Gasteiger partial charge in [0, 0.05) is 12.2 Å². The Morgan fingerprint density at radius 1 is 1.05 bits per heavy atom. The number of ether oxygens (including phenoxy) is 1. The maximum atomic E-state index is 13.1. The predicted octanol–water partition coefficient (Wildman–Crippen LogP) is 4.18. The van der Waals surface area contributed by atoms with Gasteiger partial charge >= 0.3 is 0 Å². The summed E-state index contributed by atoms with van der Waals surface area (Å²) in [6.07, 6.45) is 1.65. The van der Waals surface area contributed by atoms with E-state index in [1.165, 1.54) is 0 Å². The zero-order chi connectivity index (χ0) is 14.7. The van der Waals surface area contributed by atoms with Crippen LogP contribution in [0.2, 0.25) is 0 Å². The van der Waals surface area contributed by atoms with Crippen LogP contribution in [0.25, 0.3) is 0 Å². The number of hydrogen-bond acceptors (Lipinski definition) is 2. The van der Waals surface area contributed by atoms with Crippen molar-refractivity contribution in [1.82, 2.24) is 0 Å². The van der Waals surface area contributed by atoms with Crippen LogP contribution in [0.5, 0.6) is 0 Å². The molecule has 108 valence electrons. The van der Waals surface area contributed by atoms with Gasteiger partial charge in [-0.1, -0.05) is 60.7 Å². The van der Waals surface area contributed by atoms with Gasteiger partial charge in [0.05, 0.1) is 5.38 Å². The van der Waals surface area contributed by atoms with Gasteiger partial charge in [-0.15, -0.1) is 11.6 Å². The normalized spacial score (nSPS) is 25.5. The number of halogens is 1. The Hall–Kier alpha value is -1.64. The molecule has 0 unspecified atom stereocenters. The van der Waals surface area contributed by atoms with Crippen molar-refractivity contribution < 1.29 is 9.53 Å². The molecule has 21 heavy (non-hydrogen) atoms. The van der Waals surface area contributed by atoms with Crippen LogP contribution in [0.3, 0.4) is 0 Å². The average molecular weight is 301 g/mol. The maximum absolute atomic E-state index is 13.1. The molecule has 2 nitrogen and oxygen atoms in total. The summed E-state index contributed by atoms with van der Waals surface area (Å²) in [7, 11) is 0. The van der Waals surface area contributed by atoms with Crippen molar-refractivity contribution in [2.45, 2.75) is 23.8 Å². The smallest absolute Gasteiger partial charge is 0.200 e. The highest BCUT2D eigenvalue weighted by atomic mass is 35.5. The lowest BCUT2D eigenvalue weighted by molar-refractivity contribution is -0.0549. The van der Waals surface area contributed by atoms with Gasteiger partial charge in [0.1, 0.15) is 0 Å². The molecule has 0 saturated carbocycles. The molecule has 0 aliphatic carbocycles.